The van der Waals surface area contributed by atoms with Crippen molar-refractivity contribution in [2.75, 3.05) is 11.9 Å². The van der Waals surface area contributed by atoms with Crippen molar-refractivity contribution in [3.63, 3.8) is 0 Å². The van der Waals surface area contributed by atoms with Gasteiger partial charge in [0, 0.05) is 12.6 Å². The predicted molar refractivity (Wildman–Crippen MR) is 85.4 cm³/mol. The molecule has 2 aromatic rings. The molecule has 0 radical (unpaired) electrons. The number of carbonyl (C=O) groups is 1. The van der Waals surface area contributed by atoms with Gasteiger partial charge in [-0.05, 0) is 48.9 Å². The van der Waals surface area contributed by atoms with Crippen molar-refractivity contribution in [3.8, 4) is 0 Å². The molecule has 6 heteroatoms. The fourth-order valence-corrected chi connectivity index (χ4v) is 3.39. The molecule has 0 aliphatic carbocycles. The largest absolute Gasteiger partial charge is 0.330 e. The molecule has 0 atom stereocenters. The van der Waals surface area contributed by atoms with Gasteiger partial charge in [-0.3, -0.25) is 4.79 Å². The third-order valence-electron chi connectivity index (χ3n) is 3.13. The fourth-order valence-electron chi connectivity index (χ4n) is 2.08. The summed E-state index contributed by atoms with van der Waals surface area (Å²) in [5.41, 5.74) is 6.93. The molecule has 116 valence electrons. The van der Waals surface area contributed by atoms with E-state index in [0.29, 0.717) is 18.7 Å². The van der Waals surface area contributed by atoms with Crippen LogP contribution in [-0.2, 0) is 21.1 Å². The highest BCUT2D eigenvalue weighted by Gasteiger charge is 2.18. The lowest BCUT2D eigenvalue weighted by Crippen LogP contribution is -2.08. The Morgan fingerprint density at radius 1 is 1.09 bits per heavy atom. The van der Waals surface area contributed by atoms with Gasteiger partial charge < -0.3 is 11.1 Å². The lowest BCUT2D eigenvalue weighted by atomic mass is 10.2. The van der Waals surface area contributed by atoms with E-state index in [1.807, 2.05) is 0 Å². The first kappa shape index (κ1) is 16.2. The molecule has 0 bridgehead atoms. The Morgan fingerprint density at radius 3 is 2.36 bits per heavy atom. The summed E-state index contributed by atoms with van der Waals surface area (Å²) in [6.45, 7) is 1.89. The third kappa shape index (κ3) is 3.72. The second-order valence-electron chi connectivity index (χ2n) is 4.90. The van der Waals surface area contributed by atoms with E-state index in [4.69, 9.17) is 5.73 Å². The molecule has 0 saturated carbocycles. The van der Waals surface area contributed by atoms with Gasteiger partial charge in [0.25, 0.3) is 0 Å². The maximum Gasteiger partial charge on any atom is 0.221 e. The maximum absolute atomic E-state index is 12.6. The molecule has 22 heavy (non-hydrogen) atoms. The zero-order chi connectivity index (χ0) is 16.2. The highest BCUT2D eigenvalue weighted by atomic mass is 32.2. The lowest BCUT2D eigenvalue weighted by Gasteiger charge is -2.08. The monoisotopic (exact) mass is 318 g/mol. The van der Waals surface area contributed by atoms with Gasteiger partial charge in [0.2, 0.25) is 15.7 Å². The van der Waals surface area contributed by atoms with Crippen molar-refractivity contribution in [2.45, 2.75) is 23.1 Å². The minimum atomic E-state index is -3.61. The van der Waals surface area contributed by atoms with Gasteiger partial charge in [-0.2, -0.15) is 0 Å². The Bertz CT molecular complexity index is 768. The number of hydrogen-bond donors (Lipinski definition) is 2. The molecule has 0 aliphatic rings. The second kappa shape index (κ2) is 6.72. The Balaban J connectivity index is 2.35. The number of amides is 1. The molecule has 5 nitrogen and oxygen atoms in total. The standard InChI is InChI=1S/C16H18N2O3S/c1-12(19)18-14-3-2-4-16(11-14)22(20,21)15-7-5-13(6-8-15)9-10-17/h2-8,11H,9-10,17H2,1H3,(H,18,19). The number of nitrogens with one attached hydrogen (secondary N) is 1. The molecule has 0 heterocycles. The van der Waals surface area contributed by atoms with Crippen LogP contribution in [0.25, 0.3) is 0 Å². The smallest absolute Gasteiger partial charge is 0.221 e. The number of sulfone groups is 1. The van der Waals surface area contributed by atoms with E-state index < -0.39 is 9.84 Å². The Hall–Kier alpha value is -2.18. The molecule has 2 aromatic carbocycles. The molecule has 0 fully saturated rings. The van der Waals surface area contributed by atoms with Gasteiger partial charge >= 0.3 is 0 Å². The van der Waals surface area contributed by atoms with E-state index in [1.54, 1.807) is 36.4 Å². The normalized spacial score (nSPS) is 11.2. The van der Waals surface area contributed by atoms with E-state index in [2.05, 4.69) is 5.32 Å². The van der Waals surface area contributed by atoms with Crippen molar-refractivity contribution in [1.82, 2.24) is 0 Å². The van der Waals surface area contributed by atoms with Crippen LogP contribution in [0.4, 0.5) is 5.69 Å². The third-order valence-corrected chi connectivity index (χ3v) is 4.90. The quantitative estimate of drug-likeness (QED) is 0.882. The number of rotatable bonds is 5. The van der Waals surface area contributed by atoms with Crippen molar-refractivity contribution < 1.29 is 13.2 Å². The molecular formula is C16H18N2O3S. The number of carbonyl (C=O) groups excluding carboxylic acids is 1. The topological polar surface area (TPSA) is 89.3 Å². The van der Waals surface area contributed by atoms with Gasteiger partial charge in [-0.1, -0.05) is 18.2 Å². The van der Waals surface area contributed by atoms with Gasteiger partial charge in [0.05, 0.1) is 9.79 Å². The maximum atomic E-state index is 12.6. The lowest BCUT2D eigenvalue weighted by molar-refractivity contribution is -0.114. The highest BCUT2D eigenvalue weighted by Crippen LogP contribution is 2.23. The number of hydrogen-bond acceptors (Lipinski definition) is 4. The van der Waals surface area contributed by atoms with Crippen LogP contribution in [0.2, 0.25) is 0 Å². The zero-order valence-corrected chi connectivity index (χ0v) is 13.1. The van der Waals surface area contributed by atoms with Gasteiger partial charge in [0.15, 0.2) is 0 Å². The average Bonchev–Trinajstić information content (AvgIpc) is 2.48. The highest BCUT2D eigenvalue weighted by molar-refractivity contribution is 7.91. The van der Waals surface area contributed by atoms with Crippen LogP contribution in [-0.4, -0.2) is 20.9 Å². The van der Waals surface area contributed by atoms with Gasteiger partial charge in [-0.25, -0.2) is 8.42 Å². The van der Waals surface area contributed by atoms with Crippen molar-refractivity contribution in [2.24, 2.45) is 5.73 Å². The first-order chi connectivity index (χ1) is 10.4. The van der Waals surface area contributed by atoms with E-state index >= 15 is 0 Å². The molecule has 2 rings (SSSR count). The second-order valence-corrected chi connectivity index (χ2v) is 6.84. The summed E-state index contributed by atoms with van der Waals surface area (Å²) in [4.78, 5) is 11.4. The first-order valence-corrected chi connectivity index (χ1v) is 8.33. The Labute approximate surface area is 130 Å². The SMILES string of the molecule is CC(=O)Nc1cccc(S(=O)(=O)c2ccc(CCN)cc2)c1. The summed E-state index contributed by atoms with van der Waals surface area (Å²) >= 11 is 0. The molecule has 0 aromatic heterocycles. The van der Waals surface area contributed by atoms with E-state index in [-0.39, 0.29) is 15.7 Å². The van der Waals surface area contributed by atoms with Gasteiger partial charge in [-0.15, -0.1) is 0 Å². The summed E-state index contributed by atoms with van der Waals surface area (Å²) < 4.78 is 25.2. The van der Waals surface area contributed by atoms with E-state index in [9.17, 15) is 13.2 Å². The van der Waals surface area contributed by atoms with Crippen molar-refractivity contribution >= 4 is 21.4 Å². The van der Waals surface area contributed by atoms with Crippen LogP contribution in [0.3, 0.4) is 0 Å². The molecule has 1 amide bonds. The minimum absolute atomic E-state index is 0.144. The summed E-state index contributed by atoms with van der Waals surface area (Å²) in [6.07, 6.45) is 0.707. The Morgan fingerprint density at radius 2 is 1.77 bits per heavy atom. The molecule has 0 saturated heterocycles. The number of benzene rings is 2. The molecule has 0 unspecified atom stereocenters. The molecule has 3 N–H and O–H groups in total. The first-order valence-electron chi connectivity index (χ1n) is 6.85. The molecule has 0 spiro atoms. The summed E-state index contributed by atoms with van der Waals surface area (Å²) in [7, 11) is -3.61. The van der Waals surface area contributed by atoms with E-state index in [1.165, 1.54) is 19.1 Å². The summed E-state index contributed by atoms with van der Waals surface area (Å²) in [6, 6.07) is 12.9. The van der Waals surface area contributed by atoms with Crippen LogP contribution in [0, 0.1) is 0 Å². The van der Waals surface area contributed by atoms with E-state index in [0.717, 1.165) is 5.56 Å². The van der Waals surface area contributed by atoms with Crippen LogP contribution < -0.4 is 11.1 Å². The fraction of sp³-hybridized carbons (Fsp3) is 0.188. The van der Waals surface area contributed by atoms with Crippen LogP contribution in [0.5, 0.6) is 0 Å². The Kier molecular flexibility index (Phi) is 4.95. The van der Waals surface area contributed by atoms with Crippen molar-refractivity contribution in [1.29, 1.82) is 0 Å². The summed E-state index contributed by atoms with van der Waals surface area (Å²) in [5, 5.41) is 2.58. The number of anilines is 1. The summed E-state index contributed by atoms with van der Waals surface area (Å²) in [5.74, 6) is -0.249. The average molecular weight is 318 g/mol. The molecule has 0 aliphatic heterocycles. The van der Waals surface area contributed by atoms with Crippen LogP contribution in [0.1, 0.15) is 12.5 Å². The number of nitrogens with two attached hydrogens (primary N) is 1. The predicted octanol–water partition coefficient (Wildman–Crippen LogP) is 1.98. The van der Waals surface area contributed by atoms with Crippen molar-refractivity contribution in [3.05, 3.63) is 54.1 Å². The minimum Gasteiger partial charge on any atom is -0.330 e. The van der Waals surface area contributed by atoms with Crippen LogP contribution >= 0.6 is 0 Å². The van der Waals surface area contributed by atoms with Gasteiger partial charge in [0.1, 0.15) is 0 Å². The molecular weight excluding hydrogens is 300 g/mol. The zero-order valence-electron chi connectivity index (χ0n) is 12.2. The van der Waals surface area contributed by atoms with Crippen LogP contribution in [0.15, 0.2) is 58.3 Å².